The molecule has 0 aliphatic carbocycles. The van der Waals surface area contributed by atoms with Crippen LogP contribution in [-0.2, 0) is 20.7 Å². The van der Waals surface area contributed by atoms with E-state index in [1.165, 1.54) is 0 Å². The van der Waals surface area contributed by atoms with Crippen LogP contribution in [0.2, 0.25) is 0 Å². The summed E-state index contributed by atoms with van der Waals surface area (Å²) in [6, 6.07) is 8.17. The maximum Gasteiger partial charge on any atom is 0.495 e. The molecule has 0 aromatic heterocycles. The summed E-state index contributed by atoms with van der Waals surface area (Å²) in [6.45, 7) is 15.0. The second kappa shape index (κ2) is 5.42. The van der Waals surface area contributed by atoms with Gasteiger partial charge in [0.25, 0.3) is 0 Å². The summed E-state index contributed by atoms with van der Waals surface area (Å²) < 4.78 is 18.2. The molecule has 0 spiro atoms. The molecular formula is C17H27BO3. The standard InChI is InChI=1S/C17H27BO3/c1-15(2,3)19-12-13-10-8-9-11-14(13)18-20-16(4,5)17(6,7)21-18/h8-11H,12H2,1-7H3. The van der Waals surface area contributed by atoms with Crippen LogP contribution in [0.4, 0.5) is 0 Å². The van der Waals surface area contributed by atoms with Crippen molar-refractivity contribution in [3.8, 4) is 0 Å². The van der Waals surface area contributed by atoms with Crippen molar-refractivity contribution >= 4 is 12.6 Å². The molecule has 0 atom stereocenters. The highest BCUT2D eigenvalue weighted by atomic mass is 16.7. The molecular weight excluding hydrogens is 263 g/mol. The molecule has 0 radical (unpaired) electrons. The number of benzene rings is 1. The van der Waals surface area contributed by atoms with Gasteiger partial charge in [-0.2, -0.15) is 0 Å². The molecule has 0 unspecified atom stereocenters. The van der Waals surface area contributed by atoms with Crippen molar-refractivity contribution in [2.75, 3.05) is 0 Å². The fourth-order valence-corrected chi connectivity index (χ4v) is 2.16. The van der Waals surface area contributed by atoms with Crippen LogP contribution in [0.5, 0.6) is 0 Å². The highest BCUT2D eigenvalue weighted by Crippen LogP contribution is 2.36. The summed E-state index contributed by atoms with van der Waals surface area (Å²) in [5, 5.41) is 0. The third-order valence-corrected chi connectivity index (χ3v) is 4.22. The molecule has 116 valence electrons. The Hall–Kier alpha value is -0.835. The van der Waals surface area contributed by atoms with E-state index < -0.39 is 0 Å². The highest BCUT2D eigenvalue weighted by Gasteiger charge is 2.52. The number of hydrogen-bond acceptors (Lipinski definition) is 3. The second-order valence-electron chi connectivity index (χ2n) is 7.69. The molecule has 2 rings (SSSR count). The van der Waals surface area contributed by atoms with Gasteiger partial charge in [-0.1, -0.05) is 24.3 Å². The number of rotatable bonds is 3. The lowest BCUT2D eigenvalue weighted by atomic mass is 9.76. The molecule has 3 nitrogen and oxygen atoms in total. The van der Waals surface area contributed by atoms with Crippen LogP contribution in [-0.4, -0.2) is 23.9 Å². The minimum atomic E-state index is -0.338. The van der Waals surface area contributed by atoms with Gasteiger partial charge in [-0.25, -0.2) is 0 Å². The Labute approximate surface area is 129 Å². The monoisotopic (exact) mass is 290 g/mol. The van der Waals surface area contributed by atoms with Crippen LogP contribution < -0.4 is 5.46 Å². The Bertz CT molecular complexity index is 487. The van der Waals surface area contributed by atoms with Gasteiger partial charge in [0.2, 0.25) is 0 Å². The molecule has 0 amide bonds. The van der Waals surface area contributed by atoms with Gasteiger partial charge in [0.1, 0.15) is 0 Å². The third kappa shape index (κ3) is 3.68. The summed E-state index contributed by atoms with van der Waals surface area (Å²) in [5.74, 6) is 0. The van der Waals surface area contributed by atoms with E-state index >= 15 is 0 Å². The molecule has 1 saturated heterocycles. The average molecular weight is 290 g/mol. The van der Waals surface area contributed by atoms with Gasteiger partial charge in [-0.3, -0.25) is 0 Å². The summed E-state index contributed by atoms with van der Waals surface area (Å²) >= 11 is 0. The largest absolute Gasteiger partial charge is 0.495 e. The Morgan fingerprint density at radius 2 is 1.52 bits per heavy atom. The molecule has 1 aliphatic rings. The third-order valence-electron chi connectivity index (χ3n) is 4.22. The second-order valence-corrected chi connectivity index (χ2v) is 7.69. The van der Waals surface area contributed by atoms with Crippen LogP contribution in [0.3, 0.4) is 0 Å². The van der Waals surface area contributed by atoms with Crippen LogP contribution in [0, 0.1) is 0 Å². The molecule has 0 bridgehead atoms. The number of hydrogen-bond donors (Lipinski definition) is 0. The fraction of sp³-hybridized carbons (Fsp3) is 0.647. The summed E-state index contributed by atoms with van der Waals surface area (Å²) in [6.07, 6.45) is 0. The van der Waals surface area contributed by atoms with E-state index in [0.29, 0.717) is 6.61 Å². The first-order chi connectivity index (χ1) is 9.52. The van der Waals surface area contributed by atoms with E-state index in [9.17, 15) is 0 Å². The van der Waals surface area contributed by atoms with Crippen LogP contribution in [0.1, 0.15) is 54.0 Å². The van der Waals surface area contributed by atoms with Crippen molar-refractivity contribution in [3.63, 3.8) is 0 Å². The van der Waals surface area contributed by atoms with Crippen LogP contribution in [0.25, 0.3) is 0 Å². The average Bonchev–Trinajstić information content (AvgIpc) is 2.55. The summed E-state index contributed by atoms with van der Waals surface area (Å²) in [7, 11) is -0.338. The molecule has 1 aromatic rings. The van der Waals surface area contributed by atoms with E-state index in [1.54, 1.807) is 0 Å². The molecule has 1 heterocycles. The maximum atomic E-state index is 6.14. The smallest absolute Gasteiger partial charge is 0.399 e. The van der Waals surface area contributed by atoms with Crippen molar-refractivity contribution < 1.29 is 14.0 Å². The zero-order chi connectivity index (χ0) is 15.9. The van der Waals surface area contributed by atoms with Crippen molar-refractivity contribution in [2.45, 2.75) is 71.9 Å². The van der Waals surface area contributed by atoms with Gasteiger partial charge < -0.3 is 14.0 Å². The fourth-order valence-electron chi connectivity index (χ4n) is 2.16. The Kier molecular flexibility index (Phi) is 4.27. The van der Waals surface area contributed by atoms with Crippen molar-refractivity contribution in [1.29, 1.82) is 0 Å². The molecule has 21 heavy (non-hydrogen) atoms. The lowest BCUT2D eigenvalue weighted by Crippen LogP contribution is -2.41. The predicted octanol–water partition coefficient (Wildman–Crippen LogP) is 3.30. The molecule has 1 fully saturated rings. The Balaban J connectivity index is 2.22. The van der Waals surface area contributed by atoms with E-state index in [4.69, 9.17) is 14.0 Å². The molecule has 1 aromatic carbocycles. The van der Waals surface area contributed by atoms with Gasteiger partial charge in [0, 0.05) is 0 Å². The zero-order valence-corrected chi connectivity index (χ0v) is 14.3. The lowest BCUT2D eigenvalue weighted by Gasteiger charge is -2.32. The van der Waals surface area contributed by atoms with E-state index in [2.05, 4.69) is 60.6 Å². The highest BCUT2D eigenvalue weighted by molar-refractivity contribution is 6.62. The SMILES string of the molecule is CC(C)(C)OCc1ccccc1B1OC(C)(C)C(C)(C)O1. The topological polar surface area (TPSA) is 27.7 Å². The van der Waals surface area contributed by atoms with Crippen LogP contribution in [0.15, 0.2) is 24.3 Å². The first kappa shape index (κ1) is 16.5. The van der Waals surface area contributed by atoms with E-state index in [0.717, 1.165) is 11.0 Å². The molecule has 4 heteroatoms. The van der Waals surface area contributed by atoms with E-state index in [1.807, 2.05) is 12.1 Å². The summed E-state index contributed by atoms with van der Waals surface area (Å²) in [4.78, 5) is 0. The van der Waals surface area contributed by atoms with E-state index in [-0.39, 0.29) is 23.9 Å². The first-order valence-corrected chi connectivity index (χ1v) is 7.59. The Morgan fingerprint density at radius 3 is 2.05 bits per heavy atom. The maximum absolute atomic E-state index is 6.14. The molecule has 1 aliphatic heterocycles. The minimum Gasteiger partial charge on any atom is -0.399 e. The molecule has 0 saturated carbocycles. The normalized spacial score (nSPS) is 20.8. The predicted molar refractivity (Wildman–Crippen MR) is 86.7 cm³/mol. The van der Waals surface area contributed by atoms with Gasteiger partial charge in [-0.05, 0) is 59.5 Å². The Morgan fingerprint density at radius 1 is 1.00 bits per heavy atom. The molecule has 0 N–H and O–H groups in total. The van der Waals surface area contributed by atoms with Crippen LogP contribution >= 0.6 is 0 Å². The van der Waals surface area contributed by atoms with Gasteiger partial charge in [-0.15, -0.1) is 0 Å². The van der Waals surface area contributed by atoms with Crippen molar-refractivity contribution in [3.05, 3.63) is 29.8 Å². The number of ether oxygens (including phenoxy) is 1. The van der Waals surface area contributed by atoms with Gasteiger partial charge in [0.05, 0.1) is 23.4 Å². The first-order valence-electron chi connectivity index (χ1n) is 7.59. The lowest BCUT2D eigenvalue weighted by molar-refractivity contribution is -0.0147. The van der Waals surface area contributed by atoms with Crippen molar-refractivity contribution in [1.82, 2.24) is 0 Å². The van der Waals surface area contributed by atoms with Gasteiger partial charge in [0.15, 0.2) is 0 Å². The van der Waals surface area contributed by atoms with Crippen molar-refractivity contribution in [2.24, 2.45) is 0 Å². The zero-order valence-electron chi connectivity index (χ0n) is 14.3. The summed E-state index contributed by atoms with van der Waals surface area (Å²) in [5.41, 5.74) is 1.36. The quantitative estimate of drug-likeness (QED) is 0.799. The van der Waals surface area contributed by atoms with Gasteiger partial charge >= 0.3 is 7.12 Å². The minimum absolute atomic E-state index is 0.164.